The van der Waals surface area contributed by atoms with Crippen molar-refractivity contribution < 1.29 is 9.53 Å². The molecule has 1 aromatic heterocycles. The number of carbonyl (C=O) groups is 1. The van der Waals surface area contributed by atoms with E-state index >= 15 is 0 Å². The van der Waals surface area contributed by atoms with Gasteiger partial charge in [-0.05, 0) is 13.8 Å². The minimum absolute atomic E-state index is 0.0509. The van der Waals surface area contributed by atoms with Crippen LogP contribution in [0.1, 0.15) is 44.3 Å². The van der Waals surface area contributed by atoms with Crippen LogP contribution >= 0.6 is 11.3 Å². The minimum atomic E-state index is 0.0509. The Hall–Kier alpha value is -0.980. The fourth-order valence-electron chi connectivity index (χ4n) is 2.72. The van der Waals surface area contributed by atoms with Crippen molar-refractivity contribution >= 4 is 17.2 Å². The van der Waals surface area contributed by atoms with Gasteiger partial charge >= 0.3 is 0 Å². The number of nitrogens with one attached hydrogen (secondary N) is 1. The Balaban J connectivity index is 1.69. The molecule has 124 valence electrons. The molecule has 1 amide bonds. The summed E-state index contributed by atoms with van der Waals surface area (Å²) in [5.74, 6) is 0.474. The molecule has 0 unspecified atom stereocenters. The van der Waals surface area contributed by atoms with Gasteiger partial charge in [0.05, 0.1) is 29.3 Å². The summed E-state index contributed by atoms with van der Waals surface area (Å²) in [7, 11) is 0. The van der Waals surface area contributed by atoms with Crippen LogP contribution in [0.5, 0.6) is 0 Å². The van der Waals surface area contributed by atoms with E-state index in [1.807, 2.05) is 5.38 Å². The first-order valence-corrected chi connectivity index (χ1v) is 8.90. The Morgan fingerprint density at radius 3 is 2.73 bits per heavy atom. The lowest BCUT2D eigenvalue weighted by molar-refractivity contribution is -0.120. The molecule has 1 N–H and O–H groups in total. The first-order chi connectivity index (χ1) is 10.4. The molecule has 2 rings (SSSR count). The van der Waals surface area contributed by atoms with Crippen molar-refractivity contribution in [1.29, 1.82) is 0 Å². The largest absolute Gasteiger partial charge is 0.373 e. The molecule has 1 aliphatic rings. The molecule has 0 radical (unpaired) electrons. The van der Waals surface area contributed by atoms with E-state index in [0.29, 0.717) is 18.9 Å². The van der Waals surface area contributed by atoms with E-state index in [4.69, 9.17) is 4.74 Å². The number of ether oxygens (including phenoxy) is 1. The standard InChI is InChI=1S/C16H27N3O2S/c1-11(2)16-18-14(10-22-16)7-15(20)17-5-6-19-8-12(3)21-13(4)9-19/h10-13H,5-9H2,1-4H3,(H,17,20)/t12-,13-/m1/s1. The second kappa shape index (κ2) is 8.04. The van der Waals surface area contributed by atoms with E-state index in [-0.39, 0.29) is 18.1 Å². The Bertz CT molecular complexity index is 479. The van der Waals surface area contributed by atoms with Gasteiger partial charge in [-0.3, -0.25) is 9.69 Å². The molecule has 2 atom stereocenters. The SMILES string of the molecule is CC(C)c1nc(CC(=O)NCCN2C[C@@H](C)O[C@H](C)C2)cs1. The Morgan fingerprint density at radius 1 is 1.45 bits per heavy atom. The number of nitrogens with zero attached hydrogens (tertiary/aromatic N) is 2. The van der Waals surface area contributed by atoms with Crippen LogP contribution in [0.3, 0.4) is 0 Å². The maximum absolute atomic E-state index is 12.0. The van der Waals surface area contributed by atoms with Crippen molar-refractivity contribution in [3.8, 4) is 0 Å². The average molecular weight is 325 g/mol. The average Bonchev–Trinajstić information content (AvgIpc) is 2.86. The molecule has 1 saturated heterocycles. The quantitative estimate of drug-likeness (QED) is 0.869. The van der Waals surface area contributed by atoms with E-state index in [1.165, 1.54) is 0 Å². The molecular weight excluding hydrogens is 298 g/mol. The van der Waals surface area contributed by atoms with E-state index < -0.39 is 0 Å². The third-order valence-corrected chi connectivity index (χ3v) is 4.84. The zero-order valence-corrected chi connectivity index (χ0v) is 14.8. The maximum Gasteiger partial charge on any atom is 0.226 e. The predicted octanol–water partition coefficient (Wildman–Crippen LogP) is 2.03. The van der Waals surface area contributed by atoms with Gasteiger partial charge in [-0.15, -0.1) is 11.3 Å². The smallest absolute Gasteiger partial charge is 0.226 e. The van der Waals surface area contributed by atoms with Crippen LogP contribution in [0.4, 0.5) is 0 Å². The van der Waals surface area contributed by atoms with Crippen molar-refractivity contribution in [2.45, 2.75) is 52.2 Å². The van der Waals surface area contributed by atoms with Gasteiger partial charge in [0.25, 0.3) is 0 Å². The summed E-state index contributed by atoms with van der Waals surface area (Å²) in [6.45, 7) is 11.8. The van der Waals surface area contributed by atoms with E-state index in [0.717, 1.165) is 30.3 Å². The van der Waals surface area contributed by atoms with Crippen molar-refractivity contribution in [2.75, 3.05) is 26.2 Å². The second-order valence-corrected chi connectivity index (χ2v) is 7.27. The minimum Gasteiger partial charge on any atom is -0.373 e. The lowest BCUT2D eigenvalue weighted by Crippen LogP contribution is -2.48. The van der Waals surface area contributed by atoms with Crippen molar-refractivity contribution in [1.82, 2.24) is 15.2 Å². The Kier molecular flexibility index (Phi) is 6.35. The molecular formula is C16H27N3O2S. The molecule has 0 aromatic carbocycles. The van der Waals surface area contributed by atoms with Crippen LogP contribution in [0.25, 0.3) is 0 Å². The number of carbonyl (C=O) groups excluding carboxylic acids is 1. The highest BCUT2D eigenvalue weighted by atomic mass is 32.1. The number of amides is 1. The highest BCUT2D eigenvalue weighted by molar-refractivity contribution is 7.09. The highest BCUT2D eigenvalue weighted by Crippen LogP contribution is 2.19. The van der Waals surface area contributed by atoms with Gasteiger partial charge in [0.1, 0.15) is 0 Å². The van der Waals surface area contributed by atoms with Crippen LogP contribution in [0, 0.1) is 0 Å². The van der Waals surface area contributed by atoms with Gasteiger partial charge in [-0.2, -0.15) is 0 Å². The Labute approximate surface area is 137 Å². The molecule has 1 aromatic rings. The maximum atomic E-state index is 12.0. The first-order valence-electron chi connectivity index (χ1n) is 8.03. The van der Waals surface area contributed by atoms with Crippen LogP contribution in [0.15, 0.2) is 5.38 Å². The van der Waals surface area contributed by atoms with Crippen molar-refractivity contribution in [3.05, 3.63) is 16.1 Å². The van der Waals surface area contributed by atoms with E-state index in [9.17, 15) is 4.79 Å². The lowest BCUT2D eigenvalue weighted by Gasteiger charge is -2.35. The van der Waals surface area contributed by atoms with Crippen LogP contribution in [-0.2, 0) is 16.0 Å². The molecule has 22 heavy (non-hydrogen) atoms. The summed E-state index contributed by atoms with van der Waals surface area (Å²) < 4.78 is 5.71. The first kappa shape index (κ1) is 17.4. The number of aromatic nitrogens is 1. The molecule has 5 nitrogen and oxygen atoms in total. The summed E-state index contributed by atoms with van der Waals surface area (Å²) in [5, 5.41) is 6.07. The predicted molar refractivity (Wildman–Crippen MR) is 89.4 cm³/mol. The van der Waals surface area contributed by atoms with Crippen LogP contribution in [-0.4, -0.2) is 54.2 Å². The molecule has 2 heterocycles. The van der Waals surface area contributed by atoms with Gasteiger partial charge in [0.15, 0.2) is 0 Å². The van der Waals surface area contributed by atoms with Crippen molar-refractivity contribution in [3.63, 3.8) is 0 Å². The molecule has 1 aliphatic heterocycles. The number of hydrogen-bond donors (Lipinski definition) is 1. The third kappa shape index (κ3) is 5.34. The molecule has 0 saturated carbocycles. The van der Waals surface area contributed by atoms with Crippen molar-refractivity contribution in [2.24, 2.45) is 0 Å². The van der Waals surface area contributed by atoms with Gasteiger partial charge in [0.2, 0.25) is 5.91 Å². The molecule has 0 bridgehead atoms. The van der Waals surface area contributed by atoms with Crippen LogP contribution in [0.2, 0.25) is 0 Å². The fourth-order valence-corrected chi connectivity index (χ4v) is 3.55. The fraction of sp³-hybridized carbons (Fsp3) is 0.750. The topological polar surface area (TPSA) is 54.5 Å². The summed E-state index contributed by atoms with van der Waals surface area (Å²) in [4.78, 5) is 18.8. The van der Waals surface area contributed by atoms with Gasteiger partial charge < -0.3 is 10.1 Å². The normalized spacial score (nSPS) is 23.0. The lowest BCUT2D eigenvalue weighted by atomic mass is 10.2. The zero-order valence-electron chi connectivity index (χ0n) is 14.0. The molecule has 0 spiro atoms. The van der Waals surface area contributed by atoms with Gasteiger partial charge in [-0.25, -0.2) is 4.98 Å². The summed E-state index contributed by atoms with van der Waals surface area (Å²) >= 11 is 1.63. The number of morpholine rings is 1. The highest BCUT2D eigenvalue weighted by Gasteiger charge is 2.21. The second-order valence-electron chi connectivity index (χ2n) is 6.38. The summed E-state index contributed by atoms with van der Waals surface area (Å²) in [6, 6.07) is 0. The summed E-state index contributed by atoms with van der Waals surface area (Å²) in [6.07, 6.45) is 0.909. The number of rotatable bonds is 6. The molecule has 1 fully saturated rings. The van der Waals surface area contributed by atoms with E-state index in [2.05, 4.69) is 42.9 Å². The number of thiazole rings is 1. The van der Waals surface area contributed by atoms with Crippen LogP contribution < -0.4 is 5.32 Å². The van der Waals surface area contributed by atoms with Gasteiger partial charge in [0, 0.05) is 37.5 Å². The number of hydrogen-bond acceptors (Lipinski definition) is 5. The Morgan fingerprint density at radius 2 is 2.14 bits per heavy atom. The monoisotopic (exact) mass is 325 g/mol. The molecule has 6 heteroatoms. The molecule has 0 aliphatic carbocycles. The third-order valence-electron chi connectivity index (χ3n) is 3.65. The van der Waals surface area contributed by atoms with Gasteiger partial charge in [-0.1, -0.05) is 13.8 Å². The van der Waals surface area contributed by atoms with E-state index in [1.54, 1.807) is 11.3 Å². The summed E-state index contributed by atoms with van der Waals surface area (Å²) in [5.41, 5.74) is 0.875. The zero-order chi connectivity index (χ0) is 16.1.